The second-order valence-electron chi connectivity index (χ2n) is 27.0. The lowest BCUT2D eigenvalue weighted by Gasteiger charge is -2.21. The number of hydrogen-bond acceptors (Lipinski definition) is 0. The van der Waals surface area contributed by atoms with Crippen molar-refractivity contribution in [3.8, 4) is 33.6 Å². The van der Waals surface area contributed by atoms with Crippen LogP contribution < -0.4 is 0 Å². The predicted molar refractivity (Wildman–Crippen MR) is 371 cm³/mol. The summed E-state index contributed by atoms with van der Waals surface area (Å²) in [6.07, 6.45) is 0. The first-order chi connectivity index (χ1) is 40.9. The molecule has 2 N–H and O–H groups in total. The maximum atomic E-state index is 4.30. The molecule has 0 aliphatic rings. The van der Waals surface area contributed by atoms with Crippen molar-refractivity contribution >= 4 is 157 Å². The minimum absolute atomic E-state index is 0.0297. The Morgan fingerprint density at radius 2 is 0.729 bits per heavy atom. The SMILES string of the molecule is CC(C)(C)c1cc(-c2cc(Br)c(-c3cc(-n4c5ccccc5c5ccccc54)cc4c3[nH]c3ccc(-n5c6ccccc6c6ccccc65)cc34)cc2Br)c2[nH]c3cc4c(cc3c2c1)c1cc(C(C)(C)C)cc2c3cc(C(C)(C)C)ccc3n4c21. The van der Waals surface area contributed by atoms with Gasteiger partial charge in [0.2, 0.25) is 0 Å². The molecule has 0 aliphatic carbocycles. The molecule has 6 aromatic heterocycles. The number of rotatable bonds is 4. The van der Waals surface area contributed by atoms with Gasteiger partial charge in [-0.05, 0) is 159 Å². The second kappa shape index (κ2) is 17.5. The lowest BCUT2D eigenvalue weighted by molar-refractivity contribution is 0.590. The van der Waals surface area contributed by atoms with Gasteiger partial charge in [0, 0.05) is 107 Å². The zero-order chi connectivity index (χ0) is 57.9. The van der Waals surface area contributed by atoms with Crippen molar-refractivity contribution in [2.75, 3.05) is 0 Å². The van der Waals surface area contributed by atoms with Gasteiger partial charge >= 0.3 is 0 Å². The average Bonchev–Trinajstić information content (AvgIpc) is 1.60. The van der Waals surface area contributed by atoms with Crippen molar-refractivity contribution in [3.05, 3.63) is 220 Å². The van der Waals surface area contributed by atoms with E-state index in [1.807, 2.05) is 0 Å². The third kappa shape index (κ3) is 7.33. The zero-order valence-corrected chi connectivity index (χ0v) is 52.2. The summed E-state index contributed by atoms with van der Waals surface area (Å²) >= 11 is 8.59. The van der Waals surface area contributed by atoms with Crippen LogP contribution in [0.15, 0.2) is 203 Å². The molecule has 0 radical (unpaired) electrons. The van der Waals surface area contributed by atoms with Crippen LogP contribution in [0.25, 0.3) is 159 Å². The van der Waals surface area contributed by atoms with E-state index in [4.69, 9.17) is 0 Å². The van der Waals surface area contributed by atoms with Crippen molar-refractivity contribution in [2.45, 2.75) is 78.6 Å². The molecule has 7 heteroatoms. The van der Waals surface area contributed by atoms with Gasteiger partial charge in [-0.1, -0.05) is 173 Å². The van der Waals surface area contributed by atoms with E-state index in [0.717, 1.165) is 70.0 Å². The molecule has 5 nitrogen and oxygen atoms in total. The molecule has 0 atom stereocenters. The van der Waals surface area contributed by atoms with Crippen LogP contribution in [0.5, 0.6) is 0 Å². The highest BCUT2D eigenvalue weighted by atomic mass is 79.9. The maximum Gasteiger partial charge on any atom is 0.0620 e. The van der Waals surface area contributed by atoms with Gasteiger partial charge in [0.1, 0.15) is 0 Å². The summed E-state index contributed by atoms with van der Waals surface area (Å²) in [5, 5.41) is 15.0. The van der Waals surface area contributed by atoms with Crippen LogP contribution in [0.4, 0.5) is 0 Å². The summed E-state index contributed by atoms with van der Waals surface area (Å²) in [5.74, 6) is 0. The standard InChI is InChI=1S/C78H61Br2N5/c1-76(2,3)42-26-29-71-55(30-42)61-33-44(78(7,8)9)34-62-56-38-54-58-32-43(77(4,5)6)31-57(73(58)82-66(54)41-72(56)85(71)75(61)62)51-39-64(80)52(40-63(51)79)59-36-46(84-69-24-16-12-20-49(69)50-21-13-17-25-70(50)84)37-60-53-35-45(27-28-65(53)81-74(59)60)83-67-22-14-10-18-47(67)48-19-11-15-23-68(48)83/h10-41,81-82H,1-9H3. The lowest BCUT2D eigenvalue weighted by atomic mass is 9.83. The Morgan fingerprint density at radius 1 is 0.294 bits per heavy atom. The fourth-order valence-electron chi connectivity index (χ4n) is 14.4. The first-order valence-corrected chi connectivity index (χ1v) is 31.3. The van der Waals surface area contributed by atoms with Gasteiger partial charge in [0.25, 0.3) is 0 Å². The summed E-state index contributed by atoms with van der Waals surface area (Å²) in [7, 11) is 0. The lowest BCUT2D eigenvalue weighted by Crippen LogP contribution is -2.11. The molecule has 0 aliphatic heterocycles. The van der Waals surface area contributed by atoms with Gasteiger partial charge < -0.3 is 23.5 Å². The third-order valence-corrected chi connectivity index (χ3v) is 20.1. The van der Waals surface area contributed by atoms with E-state index in [2.05, 4.69) is 312 Å². The number of benzene rings is 11. The Balaban J connectivity index is 0.894. The number of halogens is 2. The molecular weight excluding hydrogens is 1170 g/mol. The van der Waals surface area contributed by atoms with Crippen molar-refractivity contribution in [3.63, 3.8) is 0 Å². The molecule has 412 valence electrons. The zero-order valence-electron chi connectivity index (χ0n) is 49.1. The Morgan fingerprint density at radius 3 is 1.28 bits per heavy atom. The highest BCUT2D eigenvalue weighted by Gasteiger charge is 2.28. The van der Waals surface area contributed by atoms with Crippen LogP contribution in [-0.4, -0.2) is 23.5 Å². The maximum absolute atomic E-state index is 4.30. The summed E-state index contributed by atoms with van der Waals surface area (Å²) in [6, 6.07) is 73.4. The molecule has 0 amide bonds. The quantitative estimate of drug-likeness (QED) is 0.176. The molecule has 6 heterocycles. The molecular formula is C78H61Br2N5. The minimum Gasteiger partial charge on any atom is -0.354 e. The van der Waals surface area contributed by atoms with E-state index in [1.165, 1.54) is 115 Å². The molecule has 17 aromatic rings. The smallest absolute Gasteiger partial charge is 0.0620 e. The summed E-state index contributed by atoms with van der Waals surface area (Å²) in [6.45, 7) is 21.0. The third-order valence-electron chi connectivity index (χ3n) is 18.8. The van der Waals surface area contributed by atoms with Crippen molar-refractivity contribution in [2.24, 2.45) is 0 Å². The Kier molecular flexibility index (Phi) is 10.5. The Labute approximate surface area is 509 Å². The molecule has 0 bridgehead atoms. The second-order valence-corrected chi connectivity index (χ2v) is 28.8. The summed E-state index contributed by atoms with van der Waals surface area (Å²) < 4.78 is 9.43. The fourth-order valence-corrected chi connectivity index (χ4v) is 15.5. The molecule has 17 rings (SSSR count). The van der Waals surface area contributed by atoms with E-state index in [0.29, 0.717) is 0 Å². The first kappa shape index (κ1) is 50.9. The number of hydrogen-bond donors (Lipinski definition) is 2. The van der Waals surface area contributed by atoms with Crippen molar-refractivity contribution < 1.29 is 0 Å². The average molecular weight is 1230 g/mol. The van der Waals surface area contributed by atoms with Gasteiger partial charge in [0.05, 0.1) is 49.7 Å². The van der Waals surface area contributed by atoms with Crippen LogP contribution >= 0.6 is 31.9 Å². The van der Waals surface area contributed by atoms with Crippen molar-refractivity contribution in [1.82, 2.24) is 23.5 Å². The topological polar surface area (TPSA) is 45.8 Å². The fraction of sp³-hybridized carbons (Fsp3) is 0.154. The molecule has 0 spiro atoms. The van der Waals surface area contributed by atoms with Gasteiger partial charge in [-0.3, -0.25) is 0 Å². The predicted octanol–water partition coefficient (Wildman–Crippen LogP) is 23.1. The summed E-state index contributed by atoms with van der Waals surface area (Å²) in [4.78, 5) is 8.07. The van der Waals surface area contributed by atoms with Gasteiger partial charge in [0.15, 0.2) is 0 Å². The van der Waals surface area contributed by atoms with Crippen LogP contribution in [0.3, 0.4) is 0 Å². The van der Waals surface area contributed by atoms with Gasteiger partial charge in [-0.25, -0.2) is 0 Å². The number of nitrogens with one attached hydrogen (secondary N) is 2. The molecule has 0 fully saturated rings. The number of aromatic amines is 2. The molecule has 85 heavy (non-hydrogen) atoms. The monoisotopic (exact) mass is 1230 g/mol. The molecule has 0 saturated heterocycles. The molecule has 0 unspecified atom stereocenters. The normalized spacial score (nSPS) is 13.1. The molecule has 0 saturated carbocycles. The Hall–Kier alpha value is -8.62. The Bertz CT molecular complexity index is 5650. The van der Waals surface area contributed by atoms with E-state index in [9.17, 15) is 0 Å². The number of fused-ring (bicyclic) bond motifs is 18. The highest BCUT2D eigenvalue weighted by molar-refractivity contribution is 9.11. The largest absolute Gasteiger partial charge is 0.354 e. The van der Waals surface area contributed by atoms with Crippen molar-refractivity contribution in [1.29, 1.82) is 0 Å². The van der Waals surface area contributed by atoms with E-state index in [1.54, 1.807) is 0 Å². The van der Waals surface area contributed by atoms with E-state index in [-0.39, 0.29) is 16.2 Å². The molecule has 11 aromatic carbocycles. The van der Waals surface area contributed by atoms with Crippen LogP contribution in [0.1, 0.15) is 79.0 Å². The van der Waals surface area contributed by atoms with Crippen LogP contribution in [0.2, 0.25) is 0 Å². The van der Waals surface area contributed by atoms with Gasteiger partial charge in [-0.15, -0.1) is 0 Å². The summed E-state index contributed by atoms with van der Waals surface area (Å²) in [5.41, 5.74) is 23.5. The number of para-hydroxylation sites is 4. The first-order valence-electron chi connectivity index (χ1n) is 29.7. The number of H-pyrrole nitrogens is 2. The van der Waals surface area contributed by atoms with E-state index < -0.39 is 0 Å². The van der Waals surface area contributed by atoms with Gasteiger partial charge in [-0.2, -0.15) is 0 Å². The number of nitrogens with zero attached hydrogens (tertiary/aromatic N) is 3. The van der Waals surface area contributed by atoms with Crippen LogP contribution in [-0.2, 0) is 16.2 Å². The number of aromatic nitrogens is 5. The van der Waals surface area contributed by atoms with E-state index >= 15 is 0 Å². The van der Waals surface area contributed by atoms with Crippen LogP contribution in [0, 0.1) is 0 Å². The minimum atomic E-state index is -0.126. The highest BCUT2D eigenvalue weighted by Crippen LogP contribution is 2.49.